The number of hydrogen-bond acceptors (Lipinski definition) is 4. The summed E-state index contributed by atoms with van der Waals surface area (Å²) in [5, 5.41) is 4.27. The Bertz CT molecular complexity index is 936. The molecule has 0 saturated carbocycles. The van der Waals surface area contributed by atoms with Crippen molar-refractivity contribution in [2.24, 2.45) is 0 Å². The molecule has 25 heavy (non-hydrogen) atoms. The van der Waals surface area contributed by atoms with Crippen LogP contribution in [-0.2, 0) is 10.9 Å². The van der Waals surface area contributed by atoms with Gasteiger partial charge in [-0.3, -0.25) is 0 Å². The van der Waals surface area contributed by atoms with Crippen molar-refractivity contribution in [3.63, 3.8) is 0 Å². The maximum atomic E-state index is 13.5. The number of halogens is 4. The first-order chi connectivity index (χ1) is 11.8. The first-order valence-electron chi connectivity index (χ1n) is 7.20. The van der Waals surface area contributed by atoms with Gasteiger partial charge in [-0.25, -0.2) is 14.3 Å². The summed E-state index contributed by atoms with van der Waals surface area (Å²) < 4.78 is 45.9. The monoisotopic (exact) mass is 369 g/mol. The predicted molar refractivity (Wildman–Crippen MR) is 84.4 cm³/mol. The molecule has 3 rings (SSSR count). The van der Waals surface area contributed by atoms with Crippen molar-refractivity contribution in [2.45, 2.75) is 13.1 Å². The van der Waals surface area contributed by atoms with Gasteiger partial charge in [-0.1, -0.05) is 23.7 Å². The molecule has 2 heterocycles. The van der Waals surface area contributed by atoms with Crippen molar-refractivity contribution in [1.29, 1.82) is 0 Å². The lowest BCUT2D eigenvalue weighted by molar-refractivity contribution is -0.143. The molecule has 0 atom stereocenters. The maximum absolute atomic E-state index is 13.5. The molecule has 0 aliphatic carbocycles. The van der Waals surface area contributed by atoms with Crippen molar-refractivity contribution in [3.05, 3.63) is 52.9 Å². The van der Waals surface area contributed by atoms with Crippen LogP contribution in [0.4, 0.5) is 13.2 Å². The maximum Gasteiger partial charge on any atom is 0.434 e. The third kappa shape index (κ3) is 3.17. The van der Waals surface area contributed by atoms with E-state index in [9.17, 15) is 18.0 Å². The van der Waals surface area contributed by atoms with Crippen LogP contribution in [0.2, 0.25) is 5.02 Å². The largest absolute Gasteiger partial charge is 0.462 e. The van der Waals surface area contributed by atoms with Gasteiger partial charge in [0, 0.05) is 16.8 Å². The molecular weight excluding hydrogens is 359 g/mol. The quantitative estimate of drug-likeness (QED) is 0.648. The van der Waals surface area contributed by atoms with E-state index in [4.69, 9.17) is 11.6 Å². The molecule has 0 aliphatic heterocycles. The second-order valence-electron chi connectivity index (χ2n) is 5.04. The molecule has 0 aliphatic rings. The van der Waals surface area contributed by atoms with Gasteiger partial charge in [0.1, 0.15) is 5.56 Å². The van der Waals surface area contributed by atoms with Crippen LogP contribution in [0.15, 0.2) is 36.7 Å². The summed E-state index contributed by atoms with van der Waals surface area (Å²) >= 11 is 5.83. The Morgan fingerprint density at radius 2 is 1.92 bits per heavy atom. The van der Waals surface area contributed by atoms with Gasteiger partial charge < -0.3 is 4.74 Å². The van der Waals surface area contributed by atoms with Crippen molar-refractivity contribution in [1.82, 2.24) is 14.6 Å². The number of nitrogens with zero attached hydrogens (tertiary/aromatic N) is 3. The molecule has 0 N–H and O–H groups in total. The van der Waals surface area contributed by atoms with Crippen molar-refractivity contribution in [2.75, 3.05) is 6.61 Å². The highest BCUT2D eigenvalue weighted by molar-refractivity contribution is 6.30. The van der Waals surface area contributed by atoms with E-state index in [2.05, 4.69) is 14.8 Å². The minimum atomic E-state index is -4.81. The number of rotatable bonds is 3. The standard InChI is InChI=1S/C16H11ClF3N3O2/c1-2-25-15(24)12-7-21-14-11(9-3-5-10(17)6-4-9)8-22-23(14)13(12)16(18,19)20/h3-8H,2H2,1H3. The molecule has 3 aromatic rings. The highest BCUT2D eigenvalue weighted by atomic mass is 35.5. The fourth-order valence-corrected chi connectivity index (χ4v) is 2.52. The van der Waals surface area contributed by atoms with Crippen molar-refractivity contribution < 1.29 is 22.7 Å². The fourth-order valence-electron chi connectivity index (χ4n) is 2.39. The topological polar surface area (TPSA) is 56.5 Å². The molecule has 0 radical (unpaired) electrons. The van der Waals surface area contributed by atoms with Crippen LogP contribution in [0, 0.1) is 0 Å². The molecule has 5 nitrogen and oxygen atoms in total. The van der Waals surface area contributed by atoms with Gasteiger partial charge in [0.25, 0.3) is 0 Å². The SMILES string of the molecule is CCOC(=O)c1cnc2c(-c3ccc(Cl)cc3)cnn2c1C(F)(F)F. The Morgan fingerprint density at radius 3 is 2.52 bits per heavy atom. The van der Waals surface area contributed by atoms with E-state index >= 15 is 0 Å². The van der Waals surface area contributed by atoms with Crippen LogP contribution in [0.3, 0.4) is 0 Å². The summed E-state index contributed by atoms with van der Waals surface area (Å²) in [6.07, 6.45) is -2.69. The van der Waals surface area contributed by atoms with E-state index in [1.165, 1.54) is 13.1 Å². The van der Waals surface area contributed by atoms with E-state index in [0.717, 1.165) is 6.20 Å². The highest BCUT2D eigenvalue weighted by Gasteiger charge is 2.40. The van der Waals surface area contributed by atoms with E-state index in [0.29, 0.717) is 20.7 Å². The number of carbonyl (C=O) groups excluding carboxylic acids is 1. The molecule has 0 unspecified atom stereocenters. The Morgan fingerprint density at radius 1 is 1.24 bits per heavy atom. The lowest BCUT2D eigenvalue weighted by Crippen LogP contribution is -2.21. The highest BCUT2D eigenvalue weighted by Crippen LogP contribution is 2.34. The number of hydrogen-bond donors (Lipinski definition) is 0. The Balaban J connectivity index is 2.24. The first-order valence-corrected chi connectivity index (χ1v) is 7.57. The van der Waals surface area contributed by atoms with Crippen LogP contribution >= 0.6 is 11.6 Å². The van der Waals surface area contributed by atoms with Crippen molar-refractivity contribution in [3.8, 4) is 11.1 Å². The van der Waals surface area contributed by atoms with Gasteiger partial charge in [0.05, 0.1) is 12.8 Å². The number of carbonyl (C=O) groups is 1. The minimum Gasteiger partial charge on any atom is -0.462 e. The number of fused-ring (bicyclic) bond motifs is 1. The fraction of sp³-hybridized carbons (Fsp3) is 0.188. The third-order valence-corrected chi connectivity index (χ3v) is 3.70. The average molecular weight is 370 g/mol. The molecular formula is C16H11ClF3N3O2. The van der Waals surface area contributed by atoms with Crippen molar-refractivity contribution >= 4 is 23.2 Å². The molecule has 9 heteroatoms. The molecule has 130 valence electrons. The van der Waals surface area contributed by atoms with Crippen LogP contribution in [0.25, 0.3) is 16.8 Å². The number of ether oxygens (including phenoxy) is 1. The van der Waals surface area contributed by atoms with Gasteiger partial charge in [-0.2, -0.15) is 18.3 Å². The molecule has 0 saturated heterocycles. The normalized spacial score (nSPS) is 11.7. The predicted octanol–water partition coefficient (Wildman–Crippen LogP) is 4.25. The number of alkyl halides is 3. The average Bonchev–Trinajstić information content (AvgIpc) is 2.97. The Labute approximate surface area is 145 Å². The van der Waals surface area contributed by atoms with Crippen LogP contribution in [0.1, 0.15) is 23.0 Å². The molecule has 0 fully saturated rings. The summed E-state index contributed by atoms with van der Waals surface area (Å²) in [7, 11) is 0. The Kier molecular flexibility index (Phi) is 4.38. The molecule has 2 aromatic heterocycles. The third-order valence-electron chi connectivity index (χ3n) is 3.45. The summed E-state index contributed by atoms with van der Waals surface area (Å²) in [6, 6.07) is 6.51. The van der Waals surface area contributed by atoms with Gasteiger partial charge in [0.15, 0.2) is 11.3 Å². The zero-order chi connectivity index (χ0) is 18.2. The smallest absolute Gasteiger partial charge is 0.434 e. The number of aromatic nitrogens is 3. The zero-order valence-corrected chi connectivity index (χ0v) is 13.6. The molecule has 0 spiro atoms. The molecule has 0 amide bonds. The lowest BCUT2D eigenvalue weighted by Gasteiger charge is -2.13. The number of benzene rings is 1. The number of esters is 1. The Hall–Kier alpha value is -2.61. The zero-order valence-electron chi connectivity index (χ0n) is 12.8. The van der Waals surface area contributed by atoms with Gasteiger partial charge in [0.2, 0.25) is 0 Å². The van der Waals surface area contributed by atoms with E-state index in [1.807, 2.05) is 0 Å². The minimum absolute atomic E-state index is 0.0253. The van der Waals surface area contributed by atoms with Gasteiger partial charge >= 0.3 is 12.1 Å². The molecule has 0 bridgehead atoms. The van der Waals surface area contributed by atoms with Gasteiger partial charge in [-0.05, 0) is 24.6 Å². The molecule has 1 aromatic carbocycles. The second-order valence-corrected chi connectivity index (χ2v) is 5.48. The van der Waals surface area contributed by atoms with E-state index < -0.39 is 23.4 Å². The van der Waals surface area contributed by atoms with Crippen LogP contribution in [-0.4, -0.2) is 27.2 Å². The lowest BCUT2D eigenvalue weighted by atomic mass is 10.1. The van der Waals surface area contributed by atoms with Crippen LogP contribution < -0.4 is 0 Å². The summed E-state index contributed by atoms with van der Waals surface area (Å²) in [5.41, 5.74) is -0.951. The van der Waals surface area contributed by atoms with Crippen LogP contribution in [0.5, 0.6) is 0 Å². The van der Waals surface area contributed by atoms with E-state index in [-0.39, 0.29) is 12.3 Å². The summed E-state index contributed by atoms with van der Waals surface area (Å²) in [5.74, 6) is -1.10. The van der Waals surface area contributed by atoms with Gasteiger partial charge in [-0.15, -0.1) is 0 Å². The summed E-state index contributed by atoms with van der Waals surface area (Å²) in [6.45, 7) is 1.45. The van der Waals surface area contributed by atoms with E-state index in [1.54, 1.807) is 24.3 Å². The summed E-state index contributed by atoms with van der Waals surface area (Å²) in [4.78, 5) is 15.8. The first kappa shape index (κ1) is 17.2. The second kappa shape index (κ2) is 6.36.